The molecule has 1 aromatic carbocycles. The molecule has 160 valence electrons. The van der Waals surface area contributed by atoms with Gasteiger partial charge in [0.25, 0.3) is 0 Å². The van der Waals surface area contributed by atoms with Crippen LogP contribution in [-0.2, 0) is 9.59 Å². The van der Waals surface area contributed by atoms with Gasteiger partial charge in [-0.25, -0.2) is 0 Å². The average Bonchev–Trinajstić information content (AvgIpc) is 3.11. The summed E-state index contributed by atoms with van der Waals surface area (Å²) < 4.78 is 0. The van der Waals surface area contributed by atoms with E-state index in [-0.39, 0.29) is 42.0 Å². The van der Waals surface area contributed by atoms with Gasteiger partial charge in [-0.2, -0.15) is 10.5 Å². The Labute approximate surface area is 181 Å². The fourth-order valence-corrected chi connectivity index (χ4v) is 5.84. The van der Waals surface area contributed by atoms with Crippen molar-refractivity contribution in [2.24, 2.45) is 11.7 Å². The monoisotopic (exact) mass is 418 g/mol. The van der Waals surface area contributed by atoms with Gasteiger partial charge in [-0.3, -0.25) is 14.5 Å². The smallest absolute Gasteiger partial charge is 0.242 e. The maximum Gasteiger partial charge on any atom is 0.242 e. The second kappa shape index (κ2) is 7.33. The molecule has 8 nitrogen and oxygen atoms in total. The van der Waals surface area contributed by atoms with Crippen LogP contribution in [0.1, 0.15) is 43.4 Å². The van der Waals surface area contributed by atoms with E-state index in [1.54, 1.807) is 11.0 Å². The number of nitrogens with two attached hydrogens (primary N) is 1. The molecule has 3 heterocycles. The quantitative estimate of drug-likeness (QED) is 0.754. The van der Waals surface area contributed by atoms with Crippen LogP contribution in [0.4, 0.5) is 0 Å². The summed E-state index contributed by atoms with van der Waals surface area (Å²) in [6.45, 7) is 3.02. The zero-order chi connectivity index (χ0) is 21.9. The Kier molecular flexibility index (Phi) is 4.73. The van der Waals surface area contributed by atoms with Crippen LogP contribution < -0.4 is 5.73 Å². The molecule has 1 unspecified atom stereocenters. The molecule has 0 aromatic heterocycles. The topological polar surface area (TPSA) is 117 Å². The standard InChI is InChI=1S/C23H26N6O2/c1-13(15-4-2-3-14(5-15)9-24)28-18-8-21(23(28)31)27(11-18)12-19(26)22(30)29-17(10-25)6-16-7-20(16)29/h2-5,13,16-21H,6-8,11-12,26H2,1H3/t13-,16-,17+,18?,19+,20+,21-/m1/s1. The number of carbonyl (C=O) groups is 2. The number of carbonyl (C=O) groups excluding carboxylic acids is 2. The number of fused-ring (bicyclic) bond motifs is 3. The lowest BCUT2D eigenvalue weighted by Gasteiger charge is -2.38. The van der Waals surface area contributed by atoms with Gasteiger partial charge in [-0.05, 0) is 49.8 Å². The summed E-state index contributed by atoms with van der Waals surface area (Å²) in [5.74, 6) is 0.356. The van der Waals surface area contributed by atoms with Gasteiger partial charge >= 0.3 is 0 Å². The summed E-state index contributed by atoms with van der Waals surface area (Å²) in [4.78, 5) is 31.8. The fourth-order valence-electron chi connectivity index (χ4n) is 5.84. The van der Waals surface area contributed by atoms with Crippen LogP contribution >= 0.6 is 0 Å². The van der Waals surface area contributed by atoms with E-state index in [1.165, 1.54) is 0 Å². The minimum Gasteiger partial charge on any atom is -0.330 e. The molecule has 0 radical (unpaired) electrons. The predicted molar refractivity (Wildman–Crippen MR) is 111 cm³/mol. The fraction of sp³-hybridized carbons (Fsp3) is 0.565. The highest BCUT2D eigenvalue weighted by Crippen LogP contribution is 2.48. The molecular formula is C23H26N6O2. The molecule has 4 aliphatic rings. The Bertz CT molecular complexity index is 1010. The van der Waals surface area contributed by atoms with Crippen LogP contribution in [0.3, 0.4) is 0 Å². The number of piperazine rings is 1. The molecule has 1 aromatic rings. The second-order valence-electron chi connectivity index (χ2n) is 9.31. The van der Waals surface area contributed by atoms with E-state index in [1.807, 2.05) is 34.9 Å². The van der Waals surface area contributed by atoms with Crippen molar-refractivity contribution in [1.82, 2.24) is 14.7 Å². The summed E-state index contributed by atoms with van der Waals surface area (Å²) in [5.41, 5.74) is 7.81. The first-order valence-electron chi connectivity index (χ1n) is 11.0. The van der Waals surface area contributed by atoms with E-state index in [2.05, 4.69) is 12.1 Å². The lowest BCUT2D eigenvalue weighted by atomic mass is 10.0. The van der Waals surface area contributed by atoms with E-state index in [4.69, 9.17) is 11.0 Å². The lowest BCUT2D eigenvalue weighted by molar-refractivity contribution is -0.141. The maximum atomic E-state index is 13.2. The summed E-state index contributed by atoms with van der Waals surface area (Å²) in [5, 5.41) is 18.5. The molecule has 8 heteroatoms. The van der Waals surface area contributed by atoms with Gasteiger partial charge in [0.2, 0.25) is 11.8 Å². The molecule has 7 atom stereocenters. The number of likely N-dealkylation sites (tertiary alicyclic amines) is 3. The van der Waals surface area contributed by atoms with Gasteiger partial charge in [-0.15, -0.1) is 0 Å². The lowest BCUT2D eigenvalue weighted by Crippen LogP contribution is -2.57. The summed E-state index contributed by atoms with van der Waals surface area (Å²) >= 11 is 0. The highest BCUT2D eigenvalue weighted by atomic mass is 16.2. The average molecular weight is 419 g/mol. The largest absolute Gasteiger partial charge is 0.330 e. The predicted octanol–water partition coefficient (Wildman–Crippen LogP) is 0.745. The third-order valence-corrected chi connectivity index (χ3v) is 7.49. The van der Waals surface area contributed by atoms with E-state index in [0.29, 0.717) is 24.6 Å². The molecule has 1 aliphatic carbocycles. The van der Waals surface area contributed by atoms with Crippen LogP contribution in [0.5, 0.6) is 0 Å². The number of hydrogen-bond donors (Lipinski definition) is 1. The van der Waals surface area contributed by atoms with E-state index in [0.717, 1.165) is 24.8 Å². The number of rotatable bonds is 5. The van der Waals surface area contributed by atoms with Crippen LogP contribution in [0.25, 0.3) is 0 Å². The van der Waals surface area contributed by atoms with Crippen LogP contribution in [0.2, 0.25) is 0 Å². The SMILES string of the molecule is C[C@H](c1cccc(C#N)c1)N1C(=O)[C@H]2CC1CN2C[C@H](N)C(=O)N1[C@H](C#N)C[C@@H]2C[C@@H]21. The van der Waals surface area contributed by atoms with Gasteiger partial charge in [0, 0.05) is 25.2 Å². The highest BCUT2D eigenvalue weighted by molar-refractivity contribution is 5.87. The minimum atomic E-state index is -0.722. The molecule has 31 heavy (non-hydrogen) atoms. The number of amides is 2. The van der Waals surface area contributed by atoms with Gasteiger partial charge in [0.1, 0.15) is 6.04 Å². The summed E-state index contributed by atoms with van der Waals surface area (Å²) in [6.07, 6.45) is 2.47. The minimum absolute atomic E-state index is 0.0593. The number of nitriles is 2. The van der Waals surface area contributed by atoms with Crippen molar-refractivity contribution in [3.05, 3.63) is 35.4 Å². The van der Waals surface area contributed by atoms with E-state index < -0.39 is 6.04 Å². The first-order chi connectivity index (χ1) is 14.9. The Morgan fingerprint density at radius 3 is 2.81 bits per heavy atom. The van der Waals surface area contributed by atoms with Crippen LogP contribution in [-0.4, -0.2) is 69.8 Å². The van der Waals surface area contributed by atoms with Crippen molar-refractivity contribution in [3.8, 4) is 12.1 Å². The number of benzene rings is 1. The molecule has 2 N–H and O–H groups in total. The number of piperidine rings is 1. The van der Waals surface area contributed by atoms with Crippen LogP contribution in [0, 0.1) is 28.6 Å². The third-order valence-electron chi connectivity index (χ3n) is 7.49. The third kappa shape index (κ3) is 3.18. The Morgan fingerprint density at radius 2 is 2.10 bits per heavy atom. The van der Waals surface area contributed by atoms with Crippen molar-refractivity contribution in [2.75, 3.05) is 13.1 Å². The maximum absolute atomic E-state index is 13.2. The molecule has 5 rings (SSSR count). The Morgan fingerprint density at radius 1 is 1.29 bits per heavy atom. The molecule has 3 saturated heterocycles. The van der Waals surface area contributed by atoms with Crippen molar-refractivity contribution < 1.29 is 9.59 Å². The zero-order valence-electron chi connectivity index (χ0n) is 17.5. The van der Waals surface area contributed by atoms with Crippen molar-refractivity contribution >= 4 is 11.8 Å². The van der Waals surface area contributed by atoms with Gasteiger partial charge in [0.15, 0.2) is 0 Å². The van der Waals surface area contributed by atoms with Crippen molar-refractivity contribution in [2.45, 2.75) is 62.4 Å². The first kappa shape index (κ1) is 20.0. The van der Waals surface area contributed by atoms with E-state index in [9.17, 15) is 14.9 Å². The summed E-state index contributed by atoms with van der Waals surface area (Å²) in [7, 11) is 0. The van der Waals surface area contributed by atoms with Gasteiger partial charge in [-0.1, -0.05) is 12.1 Å². The first-order valence-corrected chi connectivity index (χ1v) is 11.0. The molecule has 0 spiro atoms. The number of nitrogens with zero attached hydrogens (tertiary/aromatic N) is 5. The Balaban J connectivity index is 1.24. The van der Waals surface area contributed by atoms with Crippen molar-refractivity contribution in [3.63, 3.8) is 0 Å². The van der Waals surface area contributed by atoms with Crippen molar-refractivity contribution in [1.29, 1.82) is 10.5 Å². The van der Waals surface area contributed by atoms with E-state index >= 15 is 0 Å². The Hall–Kier alpha value is -2.94. The molecule has 2 amide bonds. The highest BCUT2D eigenvalue weighted by Gasteiger charge is 2.56. The molecule has 1 saturated carbocycles. The summed E-state index contributed by atoms with van der Waals surface area (Å²) in [6, 6.07) is 10.6. The van der Waals surface area contributed by atoms with Gasteiger partial charge in [0.05, 0.1) is 35.8 Å². The van der Waals surface area contributed by atoms with Crippen LogP contribution in [0.15, 0.2) is 24.3 Å². The van der Waals surface area contributed by atoms with Gasteiger partial charge < -0.3 is 15.5 Å². The number of hydrogen-bond acceptors (Lipinski definition) is 6. The second-order valence-corrected chi connectivity index (χ2v) is 9.31. The molecule has 4 fully saturated rings. The molecular weight excluding hydrogens is 392 g/mol. The molecule has 3 aliphatic heterocycles. The zero-order valence-corrected chi connectivity index (χ0v) is 17.5. The normalized spacial score (nSPS) is 33.0. The molecule has 2 bridgehead atoms.